The van der Waals surface area contributed by atoms with E-state index in [1.54, 1.807) is 12.3 Å². The van der Waals surface area contributed by atoms with Crippen molar-refractivity contribution in [1.82, 2.24) is 34.2 Å². The number of piperidine rings is 1. The van der Waals surface area contributed by atoms with E-state index < -0.39 is 5.97 Å². The second kappa shape index (κ2) is 14.1. The SMILES string of the molecule is CC(C)(C)CN1CCC2(CC1)CCN(CCCn1ccnc1CN(Cc1cccc(OCC(=O)O)c1)Cc1ncc[nH]1)C2. The number of nitrogens with zero attached hydrogens (tertiary/aromatic N) is 6. The number of H-pyrrole nitrogens is 1. The highest BCUT2D eigenvalue weighted by Gasteiger charge is 2.40. The second-order valence-corrected chi connectivity index (χ2v) is 13.8. The minimum atomic E-state index is -0.988. The molecule has 0 unspecified atom stereocenters. The molecule has 2 N–H and O–H groups in total. The maximum atomic E-state index is 10.9. The molecule has 234 valence electrons. The first-order chi connectivity index (χ1) is 20.6. The number of carboxylic acid groups (broad SMARTS) is 1. The van der Waals surface area contributed by atoms with E-state index >= 15 is 0 Å². The molecule has 2 saturated heterocycles. The Morgan fingerprint density at radius 2 is 1.84 bits per heavy atom. The molecule has 10 nitrogen and oxygen atoms in total. The van der Waals surface area contributed by atoms with Gasteiger partial charge < -0.3 is 29.2 Å². The molecule has 2 aliphatic rings. The molecule has 0 bridgehead atoms. The minimum absolute atomic E-state index is 0.356. The molecule has 0 radical (unpaired) electrons. The molecule has 5 rings (SSSR count). The van der Waals surface area contributed by atoms with Gasteiger partial charge in [0, 0.05) is 51.0 Å². The van der Waals surface area contributed by atoms with Crippen LogP contribution in [0.1, 0.15) is 63.7 Å². The summed E-state index contributed by atoms with van der Waals surface area (Å²) in [5.41, 5.74) is 1.94. The average Bonchev–Trinajstić information content (AvgIpc) is 3.72. The van der Waals surface area contributed by atoms with Gasteiger partial charge in [0.25, 0.3) is 0 Å². The highest BCUT2D eigenvalue weighted by atomic mass is 16.5. The standard InChI is InChI=1S/C33H49N7O3/c1-32(2,3)25-38-17-9-33(10-18-38)8-16-37(26-33)14-5-15-40-19-13-36-30(40)23-39(22-29-34-11-12-35-29)21-27-6-4-7-28(20-27)43-24-31(41)42/h4,6-7,11-13,19-20H,5,8-10,14-18,21-26H2,1-3H3,(H,34,35)(H,41,42). The number of carboxylic acids is 1. The highest BCUT2D eigenvalue weighted by molar-refractivity contribution is 5.68. The van der Waals surface area contributed by atoms with Gasteiger partial charge in [-0.1, -0.05) is 32.9 Å². The van der Waals surface area contributed by atoms with Gasteiger partial charge in [0.15, 0.2) is 6.61 Å². The van der Waals surface area contributed by atoms with Crippen molar-refractivity contribution in [2.45, 2.75) is 72.6 Å². The van der Waals surface area contributed by atoms with Gasteiger partial charge in [-0.25, -0.2) is 14.8 Å². The Hall–Kier alpha value is -3.21. The van der Waals surface area contributed by atoms with Crippen LogP contribution in [0.2, 0.25) is 0 Å². The molecule has 43 heavy (non-hydrogen) atoms. The fourth-order valence-electron chi connectivity index (χ4n) is 6.74. The summed E-state index contributed by atoms with van der Waals surface area (Å²) in [6.07, 6.45) is 12.7. The van der Waals surface area contributed by atoms with E-state index in [-0.39, 0.29) is 6.61 Å². The Morgan fingerprint density at radius 3 is 2.56 bits per heavy atom. The third kappa shape index (κ3) is 9.39. The zero-order valence-electron chi connectivity index (χ0n) is 26.2. The van der Waals surface area contributed by atoms with Crippen LogP contribution in [0.25, 0.3) is 0 Å². The van der Waals surface area contributed by atoms with Gasteiger partial charge in [0.05, 0.1) is 13.1 Å². The van der Waals surface area contributed by atoms with Crippen molar-refractivity contribution in [2.75, 3.05) is 45.9 Å². The molecule has 1 spiro atoms. The summed E-state index contributed by atoms with van der Waals surface area (Å²) < 4.78 is 7.70. The Balaban J connectivity index is 1.13. The molecule has 0 saturated carbocycles. The Bertz CT molecular complexity index is 1290. The van der Waals surface area contributed by atoms with Crippen LogP contribution in [0.15, 0.2) is 49.1 Å². The van der Waals surface area contributed by atoms with Gasteiger partial charge >= 0.3 is 5.97 Å². The quantitative estimate of drug-likeness (QED) is 0.283. The van der Waals surface area contributed by atoms with E-state index in [4.69, 9.17) is 14.8 Å². The molecule has 2 fully saturated rings. The van der Waals surface area contributed by atoms with Crippen LogP contribution in [0.4, 0.5) is 0 Å². The van der Waals surface area contributed by atoms with Crippen molar-refractivity contribution in [3.63, 3.8) is 0 Å². The van der Waals surface area contributed by atoms with Gasteiger partial charge in [0.1, 0.15) is 17.4 Å². The van der Waals surface area contributed by atoms with Gasteiger partial charge in [-0.15, -0.1) is 0 Å². The number of hydrogen-bond acceptors (Lipinski definition) is 7. The summed E-state index contributed by atoms with van der Waals surface area (Å²) in [5, 5.41) is 8.97. The summed E-state index contributed by atoms with van der Waals surface area (Å²) in [6, 6.07) is 7.62. The molecular formula is C33H49N7O3. The molecule has 0 aliphatic carbocycles. The average molecular weight is 592 g/mol. The van der Waals surface area contributed by atoms with Crippen molar-refractivity contribution in [3.8, 4) is 5.75 Å². The first kappa shape index (κ1) is 31.2. The molecule has 3 aromatic rings. The lowest BCUT2D eigenvalue weighted by atomic mass is 9.77. The number of rotatable bonds is 14. The summed E-state index contributed by atoms with van der Waals surface area (Å²) in [6.45, 7) is 16.9. The van der Waals surface area contributed by atoms with Crippen molar-refractivity contribution in [3.05, 3.63) is 66.3 Å². The molecular weight excluding hydrogens is 542 g/mol. The van der Waals surface area contributed by atoms with Crippen LogP contribution in [-0.2, 0) is 31.0 Å². The number of benzene rings is 1. The number of aliphatic carboxylic acids is 1. The fourth-order valence-corrected chi connectivity index (χ4v) is 6.74. The third-order valence-electron chi connectivity index (χ3n) is 8.77. The predicted octanol–water partition coefficient (Wildman–Crippen LogP) is 4.50. The van der Waals surface area contributed by atoms with Crippen molar-refractivity contribution in [2.24, 2.45) is 10.8 Å². The van der Waals surface area contributed by atoms with E-state index in [0.717, 1.165) is 36.7 Å². The Morgan fingerprint density at radius 1 is 1.05 bits per heavy atom. The maximum absolute atomic E-state index is 10.9. The molecule has 2 aromatic heterocycles. The van der Waals surface area contributed by atoms with Crippen molar-refractivity contribution in [1.29, 1.82) is 0 Å². The van der Waals surface area contributed by atoms with Crippen LogP contribution in [-0.4, -0.2) is 91.2 Å². The van der Waals surface area contributed by atoms with Crippen LogP contribution in [0.5, 0.6) is 5.75 Å². The van der Waals surface area contributed by atoms with E-state index in [0.29, 0.717) is 36.2 Å². The zero-order valence-corrected chi connectivity index (χ0v) is 26.2. The molecule has 0 atom stereocenters. The van der Waals surface area contributed by atoms with Crippen LogP contribution >= 0.6 is 0 Å². The summed E-state index contributed by atoms with van der Waals surface area (Å²) in [4.78, 5) is 31.0. The summed E-state index contributed by atoms with van der Waals surface area (Å²) in [5.74, 6) is 1.49. The topological polar surface area (TPSA) is 103 Å². The highest BCUT2D eigenvalue weighted by Crippen LogP contribution is 2.40. The number of aromatic amines is 1. The molecule has 1 aromatic carbocycles. The predicted molar refractivity (Wildman–Crippen MR) is 167 cm³/mol. The van der Waals surface area contributed by atoms with E-state index in [9.17, 15) is 4.79 Å². The maximum Gasteiger partial charge on any atom is 0.341 e. The van der Waals surface area contributed by atoms with Crippen molar-refractivity contribution >= 4 is 5.97 Å². The lowest BCUT2D eigenvalue weighted by Crippen LogP contribution is -2.44. The normalized spacial score (nSPS) is 17.7. The lowest BCUT2D eigenvalue weighted by Gasteiger charge is -2.41. The number of aromatic nitrogens is 4. The van der Waals surface area contributed by atoms with E-state index in [1.165, 1.54) is 52.0 Å². The van der Waals surface area contributed by atoms with Crippen LogP contribution in [0, 0.1) is 10.8 Å². The second-order valence-electron chi connectivity index (χ2n) is 13.8. The number of aryl methyl sites for hydroxylation is 1. The molecule has 4 heterocycles. The smallest absolute Gasteiger partial charge is 0.341 e. The minimum Gasteiger partial charge on any atom is -0.482 e. The number of nitrogens with one attached hydrogen (secondary N) is 1. The van der Waals surface area contributed by atoms with Gasteiger partial charge in [-0.3, -0.25) is 4.90 Å². The number of imidazole rings is 2. The summed E-state index contributed by atoms with van der Waals surface area (Å²) in [7, 11) is 0. The molecule has 10 heteroatoms. The van der Waals surface area contributed by atoms with Crippen molar-refractivity contribution < 1.29 is 14.6 Å². The number of likely N-dealkylation sites (tertiary alicyclic amines) is 2. The molecule has 2 aliphatic heterocycles. The number of hydrogen-bond donors (Lipinski definition) is 2. The summed E-state index contributed by atoms with van der Waals surface area (Å²) >= 11 is 0. The first-order valence-corrected chi connectivity index (χ1v) is 15.7. The zero-order chi connectivity index (χ0) is 30.3. The van der Waals surface area contributed by atoms with Gasteiger partial charge in [-0.05, 0) is 80.4 Å². The largest absolute Gasteiger partial charge is 0.482 e. The van der Waals surface area contributed by atoms with Crippen LogP contribution in [0.3, 0.4) is 0 Å². The number of ether oxygens (including phenoxy) is 1. The van der Waals surface area contributed by atoms with Gasteiger partial charge in [-0.2, -0.15) is 0 Å². The first-order valence-electron chi connectivity index (χ1n) is 15.7. The lowest BCUT2D eigenvalue weighted by molar-refractivity contribution is -0.139. The Labute approximate surface area is 256 Å². The monoisotopic (exact) mass is 591 g/mol. The Kier molecular flexibility index (Phi) is 10.2. The number of carbonyl (C=O) groups is 1. The van der Waals surface area contributed by atoms with Gasteiger partial charge in [0.2, 0.25) is 0 Å². The van der Waals surface area contributed by atoms with E-state index in [1.807, 2.05) is 30.6 Å². The van der Waals surface area contributed by atoms with Crippen LogP contribution < -0.4 is 4.74 Å². The third-order valence-corrected chi connectivity index (χ3v) is 8.77. The fraction of sp³-hybridized carbons (Fsp3) is 0.606. The van der Waals surface area contributed by atoms with E-state index in [2.05, 4.69) is 56.2 Å². The molecule has 0 amide bonds.